The minimum Gasteiger partial charge on any atom is -0.368 e. The summed E-state index contributed by atoms with van der Waals surface area (Å²) in [5.41, 5.74) is 5.20. The Morgan fingerprint density at radius 3 is 2.95 bits per heavy atom. The van der Waals surface area contributed by atoms with Crippen LogP contribution in [0.1, 0.15) is 0 Å². The summed E-state index contributed by atoms with van der Waals surface area (Å²) in [6.07, 6.45) is 4.15. The number of pyridine rings is 1. The second-order valence-electron chi connectivity index (χ2n) is 3.80. The lowest BCUT2D eigenvalue weighted by molar-refractivity contribution is -0.384. The summed E-state index contributed by atoms with van der Waals surface area (Å²) in [5, 5.41) is 17.7. The topological polar surface area (TPSA) is 129 Å². The van der Waals surface area contributed by atoms with Crippen LogP contribution in [-0.2, 0) is 11.3 Å². The maximum absolute atomic E-state index is 10.9. The lowest BCUT2D eigenvalue weighted by Crippen LogP contribution is -2.18. The van der Waals surface area contributed by atoms with Gasteiger partial charge in [0.25, 0.3) is 0 Å². The Bertz CT molecular complexity index is 671. The number of nitrogens with two attached hydrogens (primary N) is 1. The van der Waals surface area contributed by atoms with Crippen LogP contribution in [0.2, 0.25) is 5.02 Å². The van der Waals surface area contributed by atoms with Gasteiger partial charge in [-0.25, -0.2) is 4.98 Å². The lowest BCUT2D eigenvalue weighted by atomic mass is 10.4. The molecule has 1 amide bonds. The van der Waals surface area contributed by atoms with Crippen LogP contribution in [0.5, 0.6) is 0 Å². The van der Waals surface area contributed by atoms with Crippen molar-refractivity contribution in [3.63, 3.8) is 0 Å². The fraction of sp³-hybridized carbons (Fsp3) is 0.100. The minimum atomic E-state index is -0.602. The zero-order chi connectivity index (χ0) is 14.7. The maximum atomic E-state index is 10.9. The molecular weight excluding hydrogens is 288 g/mol. The van der Waals surface area contributed by atoms with E-state index in [1.54, 1.807) is 0 Å². The van der Waals surface area contributed by atoms with Crippen LogP contribution in [0.15, 0.2) is 24.7 Å². The van der Waals surface area contributed by atoms with E-state index in [0.717, 1.165) is 0 Å². The maximum Gasteiger partial charge on any atom is 0.313 e. The number of nitrogens with one attached hydrogen (secondary N) is 1. The number of amides is 1. The smallest absolute Gasteiger partial charge is 0.313 e. The van der Waals surface area contributed by atoms with Crippen LogP contribution in [-0.4, -0.2) is 25.6 Å². The Labute approximate surface area is 117 Å². The van der Waals surface area contributed by atoms with Gasteiger partial charge >= 0.3 is 5.69 Å². The normalized spacial score (nSPS) is 10.2. The highest BCUT2D eigenvalue weighted by Gasteiger charge is 2.16. The van der Waals surface area contributed by atoms with Crippen molar-refractivity contribution in [3.05, 3.63) is 39.8 Å². The summed E-state index contributed by atoms with van der Waals surface area (Å²) in [7, 11) is 0. The molecule has 0 unspecified atom stereocenters. The molecule has 0 atom stereocenters. The van der Waals surface area contributed by atoms with Crippen LogP contribution < -0.4 is 11.1 Å². The molecule has 0 aromatic carbocycles. The Morgan fingerprint density at radius 2 is 2.30 bits per heavy atom. The van der Waals surface area contributed by atoms with E-state index in [4.69, 9.17) is 17.3 Å². The van der Waals surface area contributed by atoms with Crippen LogP contribution in [0.25, 0.3) is 0 Å². The third-order valence-electron chi connectivity index (χ3n) is 2.24. The number of hydrogen-bond acceptors (Lipinski definition) is 6. The predicted octanol–water partition coefficient (Wildman–Crippen LogP) is 1.07. The van der Waals surface area contributed by atoms with E-state index in [1.165, 1.54) is 29.3 Å². The van der Waals surface area contributed by atoms with Gasteiger partial charge in [0.15, 0.2) is 0 Å². The number of nitro groups is 1. The average molecular weight is 297 g/mol. The zero-order valence-corrected chi connectivity index (χ0v) is 10.7. The molecule has 0 radical (unpaired) electrons. The summed E-state index contributed by atoms with van der Waals surface area (Å²) in [5.74, 6) is -0.520. The number of hydrogen-bond donors (Lipinski definition) is 2. The van der Waals surface area contributed by atoms with Crippen molar-refractivity contribution in [2.24, 2.45) is 5.73 Å². The molecule has 2 rings (SSSR count). The van der Waals surface area contributed by atoms with E-state index in [2.05, 4.69) is 15.4 Å². The summed E-state index contributed by atoms with van der Waals surface area (Å²) >= 11 is 5.66. The second-order valence-corrected chi connectivity index (χ2v) is 4.23. The first kappa shape index (κ1) is 13.7. The van der Waals surface area contributed by atoms with Gasteiger partial charge in [0.2, 0.25) is 11.7 Å². The molecule has 0 saturated heterocycles. The second kappa shape index (κ2) is 5.53. The first-order valence-electron chi connectivity index (χ1n) is 5.33. The number of rotatable bonds is 5. The van der Waals surface area contributed by atoms with Gasteiger partial charge in [-0.2, -0.15) is 5.10 Å². The summed E-state index contributed by atoms with van der Waals surface area (Å²) in [4.78, 5) is 24.9. The van der Waals surface area contributed by atoms with Crippen molar-refractivity contribution in [1.29, 1.82) is 0 Å². The van der Waals surface area contributed by atoms with Crippen molar-refractivity contribution < 1.29 is 9.72 Å². The first-order valence-corrected chi connectivity index (χ1v) is 5.71. The van der Waals surface area contributed by atoms with E-state index in [-0.39, 0.29) is 23.1 Å². The molecule has 9 nitrogen and oxygen atoms in total. The number of carbonyl (C=O) groups is 1. The van der Waals surface area contributed by atoms with Gasteiger partial charge in [-0.1, -0.05) is 11.6 Å². The minimum absolute atomic E-state index is 0.0259. The largest absolute Gasteiger partial charge is 0.368 e. The van der Waals surface area contributed by atoms with E-state index in [1.807, 2.05) is 0 Å². The van der Waals surface area contributed by atoms with Gasteiger partial charge in [-0.05, 0) is 0 Å². The van der Waals surface area contributed by atoms with Gasteiger partial charge in [0, 0.05) is 18.5 Å². The monoisotopic (exact) mass is 296 g/mol. The standard InChI is InChI=1S/C10H9ClN6O3/c11-6-1-8(17(19)20)10(13-2-6)15-7-3-14-16(4-7)5-9(12)18/h1-4H,5H2,(H2,12,18)(H,13,15). The zero-order valence-electron chi connectivity index (χ0n) is 9.99. The number of halogens is 1. The van der Waals surface area contributed by atoms with Crippen LogP contribution in [0, 0.1) is 10.1 Å². The summed E-state index contributed by atoms with van der Waals surface area (Å²) < 4.78 is 1.30. The van der Waals surface area contributed by atoms with Gasteiger partial charge in [-0.3, -0.25) is 19.6 Å². The Hall–Kier alpha value is -2.68. The van der Waals surface area contributed by atoms with Crippen molar-refractivity contribution in [3.8, 4) is 0 Å². The quantitative estimate of drug-likeness (QED) is 0.627. The molecule has 0 fully saturated rings. The lowest BCUT2D eigenvalue weighted by Gasteiger charge is -2.03. The number of carbonyl (C=O) groups excluding carboxylic acids is 1. The fourth-order valence-electron chi connectivity index (χ4n) is 1.48. The third kappa shape index (κ3) is 3.20. The highest BCUT2D eigenvalue weighted by molar-refractivity contribution is 6.30. The van der Waals surface area contributed by atoms with E-state index in [9.17, 15) is 14.9 Å². The average Bonchev–Trinajstić information content (AvgIpc) is 2.77. The molecule has 0 aliphatic carbocycles. The Morgan fingerprint density at radius 1 is 1.55 bits per heavy atom. The van der Waals surface area contributed by atoms with Gasteiger partial charge in [0.1, 0.15) is 6.54 Å². The third-order valence-corrected chi connectivity index (χ3v) is 2.45. The molecule has 10 heteroatoms. The fourth-order valence-corrected chi connectivity index (χ4v) is 1.63. The Balaban J connectivity index is 2.23. The molecule has 2 aromatic heterocycles. The van der Waals surface area contributed by atoms with E-state index < -0.39 is 10.8 Å². The Kier molecular flexibility index (Phi) is 3.80. The van der Waals surface area contributed by atoms with Gasteiger partial charge < -0.3 is 11.1 Å². The van der Waals surface area contributed by atoms with Gasteiger partial charge in [0.05, 0.1) is 21.8 Å². The van der Waals surface area contributed by atoms with Crippen molar-refractivity contribution in [2.75, 3.05) is 5.32 Å². The van der Waals surface area contributed by atoms with Crippen molar-refractivity contribution in [2.45, 2.75) is 6.54 Å². The first-order chi connectivity index (χ1) is 9.45. The van der Waals surface area contributed by atoms with Crippen LogP contribution >= 0.6 is 11.6 Å². The predicted molar refractivity (Wildman–Crippen MR) is 70.6 cm³/mol. The molecule has 0 aliphatic heterocycles. The number of aromatic nitrogens is 3. The van der Waals surface area contributed by atoms with Crippen LogP contribution in [0.4, 0.5) is 17.2 Å². The molecule has 104 valence electrons. The molecule has 0 aliphatic rings. The van der Waals surface area contributed by atoms with Crippen LogP contribution in [0.3, 0.4) is 0 Å². The summed E-state index contributed by atoms with van der Waals surface area (Å²) in [6, 6.07) is 1.19. The van der Waals surface area contributed by atoms with Gasteiger partial charge in [-0.15, -0.1) is 0 Å². The number of nitrogens with zero attached hydrogens (tertiary/aromatic N) is 4. The molecule has 2 heterocycles. The SMILES string of the molecule is NC(=O)Cn1cc(Nc2ncc(Cl)cc2[N+](=O)[O-])cn1. The highest BCUT2D eigenvalue weighted by Crippen LogP contribution is 2.27. The molecule has 3 N–H and O–H groups in total. The van der Waals surface area contributed by atoms with E-state index >= 15 is 0 Å². The number of primary amides is 1. The molecule has 0 bridgehead atoms. The molecule has 0 saturated carbocycles. The van der Waals surface area contributed by atoms with Crippen molar-refractivity contribution >= 4 is 34.7 Å². The van der Waals surface area contributed by atoms with E-state index in [0.29, 0.717) is 5.69 Å². The molecule has 0 spiro atoms. The molecule has 20 heavy (non-hydrogen) atoms. The highest BCUT2D eigenvalue weighted by atomic mass is 35.5. The molecular formula is C10H9ClN6O3. The summed E-state index contributed by atoms with van der Waals surface area (Å²) in [6.45, 7) is -0.0855. The van der Waals surface area contributed by atoms with Crippen molar-refractivity contribution in [1.82, 2.24) is 14.8 Å². The molecule has 2 aromatic rings. The number of anilines is 2.